The summed E-state index contributed by atoms with van der Waals surface area (Å²) in [6.45, 7) is 3.79. The van der Waals surface area contributed by atoms with Crippen LogP contribution in [0.15, 0.2) is 36.7 Å². The van der Waals surface area contributed by atoms with Crippen molar-refractivity contribution >= 4 is 23.2 Å². The van der Waals surface area contributed by atoms with Gasteiger partial charge in [-0.1, -0.05) is 13.0 Å². The second-order valence-corrected chi connectivity index (χ2v) is 7.79. The lowest BCUT2D eigenvalue weighted by atomic mass is 9.88. The summed E-state index contributed by atoms with van der Waals surface area (Å²) in [5.74, 6) is -1.76. The maximum absolute atomic E-state index is 12.9. The largest absolute Gasteiger partial charge is 0.491 e. The molecule has 1 fully saturated rings. The molecule has 0 aliphatic heterocycles. The van der Waals surface area contributed by atoms with E-state index in [4.69, 9.17) is 4.74 Å². The third-order valence-electron chi connectivity index (χ3n) is 5.83. The van der Waals surface area contributed by atoms with Crippen molar-refractivity contribution in [2.24, 2.45) is 5.92 Å². The van der Waals surface area contributed by atoms with Crippen molar-refractivity contribution in [1.82, 2.24) is 14.4 Å². The van der Waals surface area contributed by atoms with Crippen molar-refractivity contribution in [1.29, 1.82) is 0 Å². The minimum atomic E-state index is -2.79. The highest BCUT2D eigenvalue weighted by molar-refractivity contribution is 6.03. The fourth-order valence-corrected chi connectivity index (χ4v) is 3.79. The molecule has 0 aromatic carbocycles. The fraction of sp³-hybridized carbons (Fsp3) is 0.364. The number of aliphatic carboxylic acids is 1. The first kappa shape index (κ1) is 21.7. The highest BCUT2D eigenvalue weighted by Gasteiger charge is 2.53. The summed E-state index contributed by atoms with van der Waals surface area (Å²) >= 11 is 0. The first-order valence-corrected chi connectivity index (χ1v) is 10.2. The number of alkyl halides is 2. The summed E-state index contributed by atoms with van der Waals surface area (Å²) in [6, 6.07) is 5.49. The number of amides is 1. The van der Waals surface area contributed by atoms with Gasteiger partial charge in [0, 0.05) is 23.9 Å². The van der Waals surface area contributed by atoms with Crippen molar-refractivity contribution in [3.63, 3.8) is 0 Å². The van der Waals surface area contributed by atoms with Gasteiger partial charge in [-0.3, -0.25) is 9.59 Å². The van der Waals surface area contributed by atoms with Gasteiger partial charge in [0.15, 0.2) is 0 Å². The number of pyridine rings is 2. The lowest BCUT2D eigenvalue weighted by Crippen LogP contribution is -2.25. The number of anilines is 1. The van der Waals surface area contributed by atoms with Gasteiger partial charge in [0.25, 0.3) is 12.3 Å². The number of imidazole rings is 1. The van der Waals surface area contributed by atoms with E-state index >= 15 is 0 Å². The Kier molecular flexibility index (Phi) is 5.53. The van der Waals surface area contributed by atoms with Crippen molar-refractivity contribution in [2.75, 3.05) is 11.9 Å². The lowest BCUT2D eigenvalue weighted by Gasteiger charge is -2.16. The molecule has 1 saturated carbocycles. The van der Waals surface area contributed by atoms with E-state index in [-0.39, 0.29) is 5.69 Å². The van der Waals surface area contributed by atoms with Crippen LogP contribution in [0.2, 0.25) is 0 Å². The Morgan fingerprint density at radius 2 is 2.03 bits per heavy atom. The SMILES string of the molecule is CCOc1cc2nc(C3(C(C)C(=O)O)CC3)cn2cc1NC(=O)c1cccc(C(F)F)n1. The molecule has 168 valence electrons. The molecule has 1 atom stereocenters. The Balaban J connectivity index is 1.68. The van der Waals surface area contributed by atoms with Crippen LogP contribution in [0, 0.1) is 5.92 Å². The van der Waals surface area contributed by atoms with Crippen molar-refractivity contribution in [3.05, 3.63) is 53.7 Å². The number of fused-ring (bicyclic) bond motifs is 1. The van der Waals surface area contributed by atoms with Crippen molar-refractivity contribution in [3.8, 4) is 5.75 Å². The summed E-state index contributed by atoms with van der Waals surface area (Å²) in [5, 5.41) is 12.1. The molecule has 32 heavy (non-hydrogen) atoms. The molecule has 3 aromatic heterocycles. The number of hydrogen-bond donors (Lipinski definition) is 2. The molecule has 1 amide bonds. The third-order valence-corrected chi connectivity index (χ3v) is 5.83. The predicted molar refractivity (Wildman–Crippen MR) is 111 cm³/mol. The standard InChI is InChI=1S/C22H22F2N4O4/c1-3-32-16-9-18-27-17(22(7-8-22)12(2)21(30)31)11-28(18)10-15(16)26-20(29)14-6-4-5-13(25-14)19(23)24/h4-6,9-12,19H,3,7-8H2,1-2H3,(H,26,29)(H,30,31). The molecule has 0 bridgehead atoms. The topological polar surface area (TPSA) is 106 Å². The number of carbonyl (C=O) groups is 2. The molecule has 4 rings (SSSR count). The summed E-state index contributed by atoms with van der Waals surface area (Å²) < 4.78 is 33.2. The van der Waals surface area contributed by atoms with E-state index in [1.165, 1.54) is 12.1 Å². The van der Waals surface area contributed by atoms with Gasteiger partial charge in [0.05, 0.1) is 18.2 Å². The van der Waals surface area contributed by atoms with E-state index in [0.29, 0.717) is 29.4 Å². The molecule has 10 heteroatoms. The second-order valence-electron chi connectivity index (χ2n) is 7.79. The summed E-state index contributed by atoms with van der Waals surface area (Å²) in [4.78, 5) is 32.5. The van der Waals surface area contributed by atoms with Gasteiger partial charge in [0.2, 0.25) is 0 Å². The van der Waals surface area contributed by atoms with Crippen LogP contribution in [0.4, 0.5) is 14.5 Å². The summed E-state index contributed by atoms with van der Waals surface area (Å²) in [7, 11) is 0. The van der Waals surface area contributed by atoms with Gasteiger partial charge in [0.1, 0.15) is 28.5 Å². The molecule has 0 saturated heterocycles. The zero-order valence-electron chi connectivity index (χ0n) is 17.5. The Hall–Kier alpha value is -3.56. The Morgan fingerprint density at radius 3 is 2.66 bits per heavy atom. The number of nitrogens with one attached hydrogen (secondary N) is 1. The highest BCUT2D eigenvalue weighted by atomic mass is 19.3. The number of carbonyl (C=O) groups excluding carboxylic acids is 1. The molecule has 1 unspecified atom stereocenters. The number of ether oxygens (including phenoxy) is 1. The molecule has 1 aliphatic carbocycles. The summed E-state index contributed by atoms with van der Waals surface area (Å²) in [6.07, 6.45) is 2.04. The van der Waals surface area contributed by atoms with Crippen LogP contribution >= 0.6 is 0 Å². The number of halogens is 2. The van der Waals surface area contributed by atoms with Crippen LogP contribution in [0.5, 0.6) is 5.75 Å². The van der Waals surface area contributed by atoms with Crippen LogP contribution < -0.4 is 10.1 Å². The molecular weight excluding hydrogens is 422 g/mol. The van der Waals surface area contributed by atoms with E-state index in [1.807, 2.05) is 0 Å². The number of aromatic nitrogens is 3. The molecule has 8 nitrogen and oxygen atoms in total. The average Bonchev–Trinajstić information content (AvgIpc) is 3.47. The Labute approximate surface area is 182 Å². The van der Waals surface area contributed by atoms with Crippen LogP contribution in [0.25, 0.3) is 5.65 Å². The molecule has 0 spiro atoms. The van der Waals surface area contributed by atoms with Gasteiger partial charge in [-0.15, -0.1) is 0 Å². The minimum Gasteiger partial charge on any atom is -0.491 e. The quantitative estimate of drug-likeness (QED) is 0.543. The van der Waals surface area contributed by atoms with E-state index < -0.39 is 35.3 Å². The van der Waals surface area contributed by atoms with Crippen molar-refractivity contribution in [2.45, 2.75) is 38.5 Å². The monoisotopic (exact) mass is 444 g/mol. The minimum absolute atomic E-state index is 0.149. The van der Waals surface area contributed by atoms with Crippen molar-refractivity contribution < 1.29 is 28.2 Å². The maximum atomic E-state index is 12.9. The normalized spacial score (nSPS) is 15.5. The highest BCUT2D eigenvalue weighted by Crippen LogP contribution is 2.53. The van der Waals surface area contributed by atoms with E-state index in [1.54, 1.807) is 36.7 Å². The van der Waals surface area contributed by atoms with Gasteiger partial charge < -0.3 is 19.6 Å². The number of carboxylic acids is 1. The molecular formula is C22H22F2N4O4. The maximum Gasteiger partial charge on any atom is 0.307 e. The van der Waals surface area contributed by atoms with Crippen LogP contribution in [0.3, 0.4) is 0 Å². The van der Waals surface area contributed by atoms with E-state index in [2.05, 4.69) is 15.3 Å². The predicted octanol–water partition coefficient (Wildman–Crippen LogP) is 4.07. The number of nitrogens with zero attached hydrogens (tertiary/aromatic N) is 3. The smallest absolute Gasteiger partial charge is 0.307 e. The third kappa shape index (κ3) is 3.88. The van der Waals surface area contributed by atoms with Gasteiger partial charge in [-0.2, -0.15) is 0 Å². The lowest BCUT2D eigenvalue weighted by molar-refractivity contribution is -0.142. The van der Waals surface area contributed by atoms with Crippen LogP contribution in [0.1, 0.15) is 55.0 Å². The molecule has 3 aromatic rings. The van der Waals surface area contributed by atoms with Gasteiger partial charge in [-0.05, 0) is 31.9 Å². The number of carboxylic acid groups (broad SMARTS) is 1. The summed E-state index contributed by atoms with van der Waals surface area (Å²) in [5.41, 5.74) is 0.386. The van der Waals surface area contributed by atoms with E-state index in [9.17, 15) is 23.5 Å². The van der Waals surface area contributed by atoms with E-state index in [0.717, 1.165) is 18.9 Å². The second kappa shape index (κ2) is 8.18. The average molecular weight is 444 g/mol. The number of rotatable bonds is 8. The fourth-order valence-electron chi connectivity index (χ4n) is 3.79. The molecule has 0 radical (unpaired) electrons. The number of hydrogen-bond acceptors (Lipinski definition) is 5. The van der Waals surface area contributed by atoms with Gasteiger partial charge in [-0.25, -0.2) is 18.7 Å². The molecule has 3 heterocycles. The Morgan fingerprint density at radius 1 is 1.28 bits per heavy atom. The molecule has 2 N–H and O–H groups in total. The zero-order valence-corrected chi connectivity index (χ0v) is 17.5. The van der Waals surface area contributed by atoms with Crippen LogP contribution in [-0.4, -0.2) is 38.0 Å². The first-order valence-electron chi connectivity index (χ1n) is 10.2. The zero-order chi connectivity index (χ0) is 23.0. The van der Waals surface area contributed by atoms with Crippen LogP contribution in [-0.2, 0) is 10.2 Å². The van der Waals surface area contributed by atoms with Gasteiger partial charge >= 0.3 is 5.97 Å². The first-order chi connectivity index (χ1) is 15.2. The Bertz CT molecular complexity index is 1190. The molecule has 1 aliphatic rings.